The quantitative estimate of drug-likeness (QED) is 0.683. The lowest BCUT2D eigenvalue weighted by Gasteiger charge is -1.92. The summed E-state index contributed by atoms with van der Waals surface area (Å²) in [5.41, 5.74) is 0.972. The lowest BCUT2D eigenvalue weighted by atomic mass is 10.4. The van der Waals surface area contributed by atoms with Crippen molar-refractivity contribution in [2.75, 3.05) is 6.54 Å². The zero-order chi connectivity index (χ0) is 7.40. The van der Waals surface area contributed by atoms with Crippen LogP contribution in [-0.4, -0.2) is 11.7 Å². The van der Waals surface area contributed by atoms with Gasteiger partial charge in [0, 0.05) is 12.6 Å². The van der Waals surface area contributed by atoms with Gasteiger partial charge in [0.2, 0.25) is 0 Å². The van der Waals surface area contributed by atoms with E-state index in [0.717, 1.165) is 24.5 Å². The summed E-state index contributed by atoms with van der Waals surface area (Å²) in [6, 6.07) is 1.93. The zero-order valence-corrected chi connectivity index (χ0v) is 6.35. The highest BCUT2D eigenvalue weighted by molar-refractivity contribution is 5.02. The second-order valence-corrected chi connectivity index (χ2v) is 2.21. The molecule has 56 valence electrons. The first-order valence-electron chi connectivity index (χ1n) is 3.46. The Hall–Kier alpha value is -0.830. The first-order valence-corrected chi connectivity index (χ1v) is 3.46. The Kier molecular flexibility index (Phi) is 2.45. The van der Waals surface area contributed by atoms with E-state index in [1.807, 2.05) is 13.0 Å². The van der Waals surface area contributed by atoms with E-state index in [1.54, 1.807) is 0 Å². The Bertz CT molecular complexity index is 195. The third-order valence-corrected chi connectivity index (χ3v) is 1.23. The highest BCUT2D eigenvalue weighted by Gasteiger charge is 1.96. The molecule has 1 rings (SSSR count). The first-order chi connectivity index (χ1) is 4.83. The van der Waals surface area contributed by atoms with Gasteiger partial charge < -0.3 is 9.84 Å². The summed E-state index contributed by atoms with van der Waals surface area (Å²) in [4.78, 5) is 0. The summed E-state index contributed by atoms with van der Waals surface area (Å²) in [5.74, 6) is 0.868. The average molecular weight is 140 g/mol. The molecule has 0 radical (unpaired) electrons. The number of rotatable bonds is 3. The fourth-order valence-electron chi connectivity index (χ4n) is 0.754. The van der Waals surface area contributed by atoms with E-state index in [-0.39, 0.29) is 0 Å². The Balaban J connectivity index is 2.42. The van der Waals surface area contributed by atoms with Crippen molar-refractivity contribution in [1.29, 1.82) is 0 Å². The zero-order valence-electron chi connectivity index (χ0n) is 6.35. The molecule has 1 heterocycles. The van der Waals surface area contributed by atoms with Gasteiger partial charge in [0.05, 0.1) is 5.69 Å². The van der Waals surface area contributed by atoms with E-state index in [1.165, 1.54) is 0 Å². The normalized spacial score (nSPS) is 10.2. The van der Waals surface area contributed by atoms with Crippen molar-refractivity contribution in [2.45, 2.75) is 20.4 Å². The topological polar surface area (TPSA) is 38.1 Å². The van der Waals surface area contributed by atoms with Gasteiger partial charge in [0.25, 0.3) is 0 Å². The molecule has 0 aliphatic rings. The van der Waals surface area contributed by atoms with Crippen LogP contribution in [0.15, 0.2) is 10.6 Å². The monoisotopic (exact) mass is 140 g/mol. The van der Waals surface area contributed by atoms with Crippen LogP contribution in [0.2, 0.25) is 0 Å². The molecular formula is C7H12N2O. The maximum atomic E-state index is 4.87. The molecule has 0 saturated heterocycles. The summed E-state index contributed by atoms with van der Waals surface area (Å²) < 4.78 is 4.87. The molecule has 0 fully saturated rings. The summed E-state index contributed by atoms with van der Waals surface area (Å²) in [6.45, 7) is 5.72. The molecule has 0 spiro atoms. The highest BCUT2D eigenvalue weighted by Crippen LogP contribution is 1.99. The van der Waals surface area contributed by atoms with Crippen molar-refractivity contribution in [3.63, 3.8) is 0 Å². The molecule has 1 aromatic rings. The van der Waals surface area contributed by atoms with Gasteiger partial charge in [-0.15, -0.1) is 0 Å². The third-order valence-electron chi connectivity index (χ3n) is 1.23. The predicted octanol–water partition coefficient (Wildman–Crippen LogP) is 1.09. The highest BCUT2D eigenvalue weighted by atomic mass is 16.5. The molecule has 0 bridgehead atoms. The molecule has 0 atom stereocenters. The first kappa shape index (κ1) is 7.28. The van der Waals surface area contributed by atoms with E-state index < -0.39 is 0 Å². The van der Waals surface area contributed by atoms with E-state index in [0.29, 0.717) is 0 Å². The van der Waals surface area contributed by atoms with Gasteiger partial charge in [-0.2, -0.15) is 0 Å². The van der Waals surface area contributed by atoms with E-state index in [4.69, 9.17) is 4.52 Å². The van der Waals surface area contributed by atoms with Crippen molar-refractivity contribution in [1.82, 2.24) is 10.5 Å². The molecule has 0 aromatic carbocycles. The number of nitrogens with one attached hydrogen (secondary N) is 1. The third kappa shape index (κ3) is 1.84. The molecule has 0 amide bonds. The fourth-order valence-corrected chi connectivity index (χ4v) is 0.754. The summed E-state index contributed by atoms with van der Waals surface area (Å²) >= 11 is 0. The maximum absolute atomic E-state index is 4.87. The second-order valence-electron chi connectivity index (χ2n) is 2.21. The van der Waals surface area contributed by atoms with Crippen LogP contribution in [0.5, 0.6) is 0 Å². The Morgan fingerprint density at radius 1 is 1.70 bits per heavy atom. The Labute approximate surface area is 60.4 Å². The van der Waals surface area contributed by atoms with Gasteiger partial charge in [-0.3, -0.25) is 0 Å². The van der Waals surface area contributed by atoms with Crippen LogP contribution in [-0.2, 0) is 6.54 Å². The minimum atomic E-state index is 0.799. The molecule has 3 nitrogen and oxygen atoms in total. The average Bonchev–Trinajstić information content (AvgIpc) is 2.31. The summed E-state index contributed by atoms with van der Waals surface area (Å²) in [7, 11) is 0. The van der Waals surface area contributed by atoms with E-state index in [2.05, 4.69) is 17.4 Å². The SMILES string of the molecule is CCNCc1cc(C)on1. The molecule has 0 unspecified atom stereocenters. The molecule has 10 heavy (non-hydrogen) atoms. The Morgan fingerprint density at radius 2 is 2.50 bits per heavy atom. The van der Waals surface area contributed by atoms with Gasteiger partial charge in [-0.25, -0.2) is 0 Å². The second kappa shape index (κ2) is 3.37. The lowest BCUT2D eigenvalue weighted by molar-refractivity contribution is 0.388. The van der Waals surface area contributed by atoms with Crippen molar-refractivity contribution < 1.29 is 4.52 Å². The van der Waals surface area contributed by atoms with Crippen LogP contribution in [0, 0.1) is 6.92 Å². The van der Waals surface area contributed by atoms with Gasteiger partial charge in [-0.05, 0) is 13.5 Å². The molecule has 1 aromatic heterocycles. The van der Waals surface area contributed by atoms with Crippen molar-refractivity contribution in [3.05, 3.63) is 17.5 Å². The predicted molar refractivity (Wildman–Crippen MR) is 38.6 cm³/mol. The minimum Gasteiger partial charge on any atom is -0.361 e. The molecule has 0 aliphatic heterocycles. The Morgan fingerprint density at radius 3 is 3.00 bits per heavy atom. The maximum Gasteiger partial charge on any atom is 0.133 e. The fraction of sp³-hybridized carbons (Fsp3) is 0.571. The smallest absolute Gasteiger partial charge is 0.133 e. The number of aryl methyl sites for hydroxylation is 1. The summed E-state index contributed by atoms with van der Waals surface area (Å²) in [5, 5.41) is 6.97. The van der Waals surface area contributed by atoms with Crippen LogP contribution < -0.4 is 5.32 Å². The number of hydrogen-bond donors (Lipinski definition) is 1. The minimum absolute atomic E-state index is 0.799. The molecule has 1 N–H and O–H groups in total. The van der Waals surface area contributed by atoms with Gasteiger partial charge >= 0.3 is 0 Å². The number of nitrogens with zero attached hydrogens (tertiary/aromatic N) is 1. The van der Waals surface area contributed by atoms with Crippen molar-refractivity contribution >= 4 is 0 Å². The van der Waals surface area contributed by atoms with Crippen molar-refractivity contribution in [2.24, 2.45) is 0 Å². The van der Waals surface area contributed by atoms with E-state index in [9.17, 15) is 0 Å². The molecule has 0 aliphatic carbocycles. The van der Waals surface area contributed by atoms with Gasteiger partial charge in [-0.1, -0.05) is 12.1 Å². The largest absolute Gasteiger partial charge is 0.361 e. The van der Waals surface area contributed by atoms with Crippen LogP contribution in [0.4, 0.5) is 0 Å². The van der Waals surface area contributed by atoms with Crippen LogP contribution in [0.25, 0.3) is 0 Å². The van der Waals surface area contributed by atoms with E-state index >= 15 is 0 Å². The van der Waals surface area contributed by atoms with Crippen LogP contribution in [0.3, 0.4) is 0 Å². The number of hydrogen-bond acceptors (Lipinski definition) is 3. The van der Waals surface area contributed by atoms with Gasteiger partial charge in [0.1, 0.15) is 5.76 Å². The van der Waals surface area contributed by atoms with Crippen LogP contribution >= 0.6 is 0 Å². The molecular weight excluding hydrogens is 128 g/mol. The molecule has 0 saturated carbocycles. The summed E-state index contributed by atoms with van der Waals surface area (Å²) in [6.07, 6.45) is 0. The molecule has 3 heteroatoms. The number of aromatic nitrogens is 1. The van der Waals surface area contributed by atoms with Crippen LogP contribution in [0.1, 0.15) is 18.4 Å². The van der Waals surface area contributed by atoms with Gasteiger partial charge in [0.15, 0.2) is 0 Å². The van der Waals surface area contributed by atoms with Crippen molar-refractivity contribution in [3.8, 4) is 0 Å². The standard InChI is InChI=1S/C7H12N2O/c1-3-8-5-7-4-6(2)10-9-7/h4,8H,3,5H2,1-2H3. The lowest BCUT2D eigenvalue weighted by Crippen LogP contribution is -2.11.